The van der Waals surface area contributed by atoms with E-state index in [2.05, 4.69) is 20.7 Å². The molecular weight excluding hydrogens is 284 g/mol. The Balaban J connectivity index is 1.73. The number of aromatic amines is 1. The number of aliphatic hydroxyl groups excluding tert-OH is 1. The van der Waals surface area contributed by atoms with Crippen molar-refractivity contribution in [2.45, 2.75) is 13.0 Å². The summed E-state index contributed by atoms with van der Waals surface area (Å²) in [6.07, 6.45) is 1.63. The smallest absolute Gasteiger partial charge is 0.509 e. The maximum Gasteiger partial charge on any atom is 0.513 e. The number of fused-ring (bicyclic) bond motifs is 1. The highest BCUT2D eigenvalue weighted by atomic mass is 16.7. The fourth-order valence-corrected chi connectivity index (χ4v) is 2.65. The van der Waals surface area contributed by atoms with Crippen LogP contribution in [0.3, 0.4) is 0 Å². The lowest BCUT2D eigenvalue weighted by molar-refractivity contribution is 0.0782. The summed E-state index contributed by atoms with van der Waals surface area (Å²) in [5.41, 5.74) is 2.27. The Hall–Kier alpha value is -2.47. The number of H-pyrrole nitrogens is 1. The molecule has 0 fully saturated rings. The van der Waals surface area contributed by atoms with Crippen LogP contribution in [0.15, 0.2) is 42.0 Å². The third-order valence-electron chi connectivity index (χ3n) is 3.80. The summed E-state index contributed by atoms with van der Waals surface area (Å²) in [7, 11) is 1.24. The summed E-state index contributed by atoms with van der Waals surface area (Å²) in [6, 6.07) is 8.11. The number of hydrogen-bond acceptors (Lipinski definition) is 5. The maximum atomic E-state index is 11.2. The van der Waals surface area contributed by atoms with E-state index in [1.807, 2.05) is 24.4 Å². The van der Waals surface area contributed by atoms with Gasteiger partial charge < -0.3 is 19.6 Å². The zero-order chi connectivity index (χ0) is 15.5. The number of aliphatic hydroxyl groups is 1. The molecule has 0 radical (unpaired) electrons. The molecule has 0 aliphatic carbocycles. The molecule has 2 heterocycles. The van der Waals surface area contributed by atoms with E-state index in [9.17, 15) is 9.90 Å². The van der Waals surface area contributed by atoms with Gasteiger partial charge in [0.25, 0.3) is 0 Å². The first-order valence-electron chi connectivity index (χ1n) is 7.11. The lowest BCUT2D eigenvalue weighted by Gasteiger charge is -2.27. The van der Waals surface area contributed by atoms with E-state index in [0.29, 0.717) is 26.1 Å². The number of aromatic nitrogens is 1. The van der Waals surface area contributed by atoms with Gasteiger partial charge in [0, 0.05) is 36.6 Å². The van der Waals surface area contributed by atoms with Crippen LogP contribution in [0.1, 0.15) is 12.0 Å². The summed E-state index contributed by atoms with van der Waals surface area (Å²) in [4.78, 5) is 16.6. The van der Waals surface area contributed by atoms with Gasteiger partial charge in [-0.05, 0) is 11.6 Å². The molecule has 1 aromatic carbocycles. The van der Waals surface area contributed by atoms with E-state index < -0.39 is 6.16 Å². The van der Waals surface area contributed by atoms with Crippen LogP contribution in [-0.2, 0) is 16.0 Å². The Bertz CT molecular complexity index is 720. The number of benzene rings is 1. The third-order valence-corrected chi connectivity index (χ3v) is 3.80. The minimum Gasteiger partial charge on any atom is -0.509 e. The van der Waals surface area contributed by atoms with Crippen LogP contribution in [0.4, 0.5) is 4.79 Å². The van der Waals surface area contributed by atoms with Gasteiger partial charge in [-0.1, -0.05) is 18.2 Å². The molecular formula is C16H18N2O4. The molecule has 116 valence electrons. The highest BCUT2D eigenvalue weighted by Crippen LogP contribution is 2.23. The van der Waals surface area contributed by atoms with Gasteiger partial charge in [0.05, 0.1) is 13.7 Å². The number of carbonyl (C=O) groups excluding carboxylic acids is 1. The lowest BCUT2D eigenvalue weighted by atomic mass is 10.1. The van der Waals surface area contributed by atoms with Gasteiger partial charge in [-0.15, -0.1) is 0 Å². The predicted molar refractivity (Wildman–Crippen MR) is 81.3 cm³/mol. The van der Waals surface area contributed by atoms with E-state index in [4.69, 9.17) is 4.74 Å². The van der Waals surface area contributed by atoms with Gasteiger partial charge in [-0.3, -0.25) is 4.90 Å². The topological polar surface area (TPSA) is 74.8 Å². The molecule has 3 rings (SSSR count). The molecule has 0 bridgehead atoms. The fraction of sp³-hybridized carbons (Fsp3) is 0.312. The molecule has 0 atom stereocenters. The molecule has 0 saturated heterocycles. The first-order valence-corrected chi connectivity index (χ1v) is 7.11. The van der Waals surface area contributed by atoms with Crippen molar-refractivity contribution in [1.29, 1.82) is 0 Å². The Labute approximate surface area is 127 Å². The Morgan fingerprint density at radius 3 is 3.05 bits per heavy atom. The molecule has 0 unspecified atom stereocenters. The van der Waals surface area contributed by atoms with Crippen molar-refractivity contribution >= 4 is 17.1 Å². The second-order valence-corrected chi connectivity index (χ2v) is 5.25. The van der Waals surface area contributed by atoms with Gasteiger partial charge in [0.2, 0.25) is 0 Å². The molecule has 2 aromatic rings. The fourth-order valence-electron chi connectivity index (χ4n) is 2.65. The van der Waals surface area contributed by atoms with Crippen molar-refractivity contribution in [3.63, 3.8) is 0 Å². The molecule has 6 nitrogen and oxygen atoms in total. The van der Waals surface area contributed by atoms with E-state index >= 15 is 0 Å². The first kappa shape index (κ1) is 14.5. The zero-order valence-corrected chi connectivity index (χ0v) is 12.3. The van der Waals surface area contributed by atoms with Gasteiger partial charge in [0.1, 0.15) is 5.76 Å². The number of ether oxygens (including phenoxy) is 2. The molecule has 0 saturated carbocycles. The number of nitrogens with one attached hydrogen (secondary N) is 1. The van der Waals surface area contributed by atoms with E-state index in [1.165, 1.54) is 18.1 Å². The van der Waals surface area contributed by atoms with Gasteiger partial charge in [0.15, 0.2) is 5.76 Å². The number of rotatable bonds is 3. The van der Waals surface area contributed by atoms with Crippen LogP contribution in [0.25, 0.3) is 10.9 Å². The number of hydrogen-bond donors (Lipinski definition) is 2. The van der Waals surface area contributed by atoms with Crippen LogP contribution >= 0.6 is 0 Å². The van der Waals surface area contributed by atoms with Gasteiger partial charge in [-0.2, -0.15) is 0 Å². The number of carbonyl (C=O) groups is 1. The lowest BCUT2D eigenvalue weighted by Crippen LogP contribution is -2.32. The van der Waals surface area contributed by atoms with Crippen molar-refractivity contribution in [2.75, 3.05) is 20.2 Å². The van der Waals surface area contributed by atoms with Gasteiger partial charge >= 0.3 is 6.16 Å². The summed E-state index contributed by atoms with van der Waals surface area (Å²) >= 11 is 0. The van der Waals surface area contributed by atoms with Gasteiger partial charge in [-0.25, -0.2) is 4.79 Å². The van der Waals surface area contributed by atoms with E-state index in [-0.39, 0.29) is 11.5 Å². The normalized spacial score (nSPS) is 16.0. The number of methoxy groups -OCH3 is 1. The number of para-hydroxylation sites is 1. The zero-order valence-electron chi connectivity index (χ0n) is 12.3. The summed E-state index contributed by atoms with van der Waals surface area (Å²) in [6.45, 7) is 1.80. The SMILES string of the molecule is COC(=O)OC1=C(O)CCN(Cc2c[nH]c3ccccc23)C1. The molecule has 6 heteroatoms. The summed E-state index contributed by atoms with van der Waals surface area (Å²) in [5, 5.41) is 11.0. The molecule has 0 spiro atoms. The standard InChI is InChI=1S/C16H18N2O4/c1-21-16(20)22-15-10-18(7-6-14(15)19)9-11-8-17-13-5-3-2-4-12(11)13/h2-5,8,17,19H,6-7,9-10H2,1H3. The molecule has 1 aromatic heterocycles. The highest BCUT2D eigenvalue weighted by molar-refractivity contribution is 5.82. The third kappa shape index (κ3) is 2.92. The maximum absolute atomic E-state index is 11.2. The largest absolute Gasteiger partial charge is 0.513 e. The highest BCUT2D eigenvalue weighted by Gasteiger charge is 2.23. The minimum absolute atomic E-state index is 0.112. The van der Waals surface area contributed by atoms with Crippen LogP contribution in [0.5, 0.6) is 0 Å². The molecule has 1 aliphatic rings. The second kappa shape index (κ2) is 6.11. The molecule has 22 heavy (non-hydrogen) atoms. The summed E-state index contributed by atoms with van der Waals surface area (Å²) < 4.78 is 9.48. The Morgan fingerprint density at radius 2 is 2.23 bits per heavy atom. The predicted octanol–water partition coefficient (Wildman–Crippen LogP) is 2.93. The van der Waals surface area contributed by atoms with Crippen LogP contribution in [0.2, 0.25) is 0 Å². The van der Waals surface area contributed by atoms with Crippen LogP contribution in [-0.4, -0.2) is 41.3 Å². The second-order valence-electron chi connectivity index (χ2n) is 5.25. The van der Waals surface area contributed by atoms with Crippen LogP contribution < -0.4 is 0 Å². The quantitative estimate of drug-likeness (QED) is 0.853. The van der Waals surface area contributed by atoms with Crippen molar-refractivity contribution in [1.82, 2.24) is 9.88 Å². The number of nitrogens with zero attached hydrogens (tertiary/aromatic N) is 1. The molecule has 0 amide bonds. The average molecular weight is 302 g/mol. The van der Waals surface area contributed by atoms with Crippen molar-refractivity contribution < 1.29 is 19.4 Å². The molecule has 1 aliphatic heterocycles. The van der Waals surface area contributed by atoms with E-state index in [0.717, 1.165) is 5.52 Å². The van der Waals surface area contributed by atoms with Crippen molar-refractivity contribution in [3.05, 3.63) is 47.5 Å². The minimum atomic E-state index is -0.810. The van der Waals surface area contributed by atoms with Crippen LogP contribution in [0, 0.1) is 0 Å². The van der Waals surface area contributed by atoms with E-state index in [1.54, 1.807) is 0 Å². The summed E-state index contributed by atoms with van der Waals surface area (Å²) in [5.74, 6) is 0.374. The van der Waals surface area contributed by atoms with Crippen molar-refractivity contribution in [3.8, 4) is 0 Å². The average Bonchev–Trinajstić information content (AvgIpc) is 2.94. The molecule has 2 N–H and O–H groups in total. The van der Waals surface area contributed by atoms with Crippen molar-refractivity contribution in [2.24, 2.45) is 0 Å². The Kier molecular flexibility index (Phi) is 4.02. The monoisotopic (exact) mass is 302 g/mol. The Morgan fingerprint density at radius 1 is 1.41 bits per heavy atom. The first-order chi connectivity index (χ1) is 10.7.